The molecule has 0 bridgehead atoms. The second-order valence-electron chi connectivity index (χ2n) is 14.1. The summed E-state index contributed by atoms with van der Waals surface area (Å²) in [5.74, 6) is 4.03. The molecule has 0 fully saturated rings. The molecule has 0 unspecified atom stereocenters. The second-order valence-corrected chi connectivity index (χ2v) is 15.2. The monoisotopic (exact) mass is 713 g/mol. The molecule has 0 saturated carbocycles. The normalized spacial score (nSPS) is 14.6. The average molecular weight is 714 g/mol. The quantitative estimate of drug-likeness (QED) is 0.179. The van der Waals surface area contributed by atoms with Crippen LogP contribution in [0.15, 0.2) is 157 Å². The smallest absolute Gasteiger partial charge is 0.180 e. The number of benzene rings is 7. The van der Waals surface area contributed by atoms with Crippen molar-refractivity contribution < 1.29 is 9.47 Å². The maximum Gasteiger partial charge on any atom is 0.180 e. The van der Waals surface area contributed by atoms with Crippen LogP contribution in [0.5, 0.6) is 23.0 Å². The van der Waals surface area contributed by atoms with Gasteiger partial charge in [-0.1, -0.05) is 103 Å². The van der Waals surface area contributed by atoms with Gasteiger partial charge in [0.15, 0.2) is 23.0 Å². The van der Waals surface area contributed by atoms with Crippen molar-refractivity contribution in [2.45, 2.75) is 19.3 Å². The lowest BCUT2D eigenvalue weighted by Crippen LogP contribution is -2.20. The highest BCUT2D eigenvalue weighted by molar-refractivity contribution is 7.26. The number of aryl methyl sites for hydroxylation is 1. The van der Waals surface area contributed by atoms with Gasteiger partial charge in [0, 0.05) is 42.1 Å². The molecule has 0 spiro atoms. The van der Waals surface area contributed by atoms with Crippen molar-refractivity contribution >= 4 is 81.9 Å². The van der Waals surface area contributed by atoms with Gasteiger partial charge in [0.05, 0.1) is 22.6 Å². The maximum absolute atomic E-state index is 7.04. The van der Waals surface area contributed by atoms with E-state index in [1.54, 1.807) is 0 Å². The molecule has 0 N–H and O–H groups in total. The molecule has 2 aromatic heterocycles. The topological polar surface area (TPSA) is 39.0 Å². The summed E-state index contributed by atoms with van der Waals surface area (Å²) in [7, 11) is 0. The minimum Gasteiger partial charge on any atom is -0.453 e. The molecule has 54 heavy (non-hydrogen) atoms. The summed E-state index contributed by atoms with van der Waals surface area (Å²) in [6.45, 7) is 0. The summed E-state index contributed by atoms with van der Waals surface area (Å²) in [5, 5.41) is 4.72. The number of aliphatic imine (C=N–C) groups is 1. The number of hydrogen-bond acceptors (Lipinski definition) is 5. The Labute approximate surface area is 315 Å². The molecular formula is C48H31N3O2S. The molecule has 0 amide bonds. The summed E-state index contributed by atoms with van der Waals surface area (Å²) in [6, 6.07) is 51.6. The van der Waals surface area contributed by atoms with E-state index in [-0.39, 0.29) is 0 Å². The first-order chi connectivity index (χ1) is 26.8. The first-order valence-corrected chi connectivity index (χ1v) is 19.3. The molecule has 3 aliphatic heterocycles. The van der Waals surface area contributed by atoms with Crippen molar-refractivity contribution in [3.8, 4) is 23.0 Å². The van der Waals surface area contributed by atoms with E-state index in [9.17, 15) is 0 Å². The first kappa shape index (κ1) is 29.9. The van der Waals surface area contributed by atoms with E-state index in [1.165, 1.54) is 31.3 Å². The van der Waals surface area contributed by atoms with Gasteiger partial charge in [0.1, 0.15) is 17.0 Å². The molecule has 6 heteroatoms. The van der Waals surface area contributed by atoms with Gasteiger partial charge >= 0.3 is 0 Å². The van der Waals surface area contributed by atoms with Crippen LogP contribution in [-0.4, -0.2) is 10.3 Å². The minimum atomic E-state index is 0.761. The zero-order chi connectivity index (χ0) is 35.3. The van der Waals surface area contributed by atoms with Gasteiger partial charge < -0.3 is 9.47 Å². The third kappa shape index (κ3) is 4.23. The highest BCUT2D eigenvalue weighted by atomic mass is 32.1. The van der Waals surface area contributed by atoms with E-state index >= 15 is 0 Å². The number of rotatable bonds is 2. The van der Waals surface area contributed by atoms with Crippen molar-refractivity contribution in [1.82, 2.24) is 4.57 Å². The van der Waals surface area contributed by atoms with Crippen LogP contribution >= 0.6 is 11.3 Å². The lowest BCUT2D eigenvalue weighted by atomic mass is 9.94. The van der Waals surface area contributed by atoms with Gasteiger partial charge in [-0.3, -0.25) is 9.47 Å². The van der Waals surface area contributed by atoms with Gasteiger partial charge in [-0.25, -0.2) is 4.99 Å². The lowest BCUT2D eigenvalue weighted by molar-refractivity contribution is 0.449. The number of nitrogens with zero attached hydrogens (tertiary/aromatic N) is 3. The Kier molecular flexibility index (Phi) is 6.33. The third-order valence-corrected chi connectivity index (χ3v) is 12.3. The second kappa shape index (κ2) is 11.4. The van der Waals surface area contributed by atoms with E-state index < -0.39 is 0 Å². The molecule has 3 aliphatic rings. The Morgan fingerprint density at radius 2 is 1.30 bits per heavy atom. The van der Waals surface area contributed by atoms with Crippen LogP contribution < -0.4 is 14.4 Å². The molecule has 7 aromatic carbocycles. The Hall–Kier alpha value is -6.63. The number of ether oxygens (including phenoxy) is 2. The summed E-state index contributed by atoms with van der Waals surface area (Å²) in [6.07, 6.45) is 5.19. The van der Waals surface area contributed by atoms with Crippen LogP contribution in [0.4, 0.5) is 17.1 Å². The van der Waals surface area contributed by atoms with Crippen molar-refractivity contribution in [1.29, 1.82) is 0 Å². The summed E-state index contributed by atoms with van der Waals surface area (Å²) in [4.78, 5) is 8.12. The highest BCUT2D eigenvalue weighted by Gasteiger charge is 2.37. The van der Waals surface area contributed by atoms with Gasteiger partial charge in [0.25, 0.3) is 0 Å². The zero-order valence-electron chi connectivity index (χ0n) is 29.1. The van der Waals surface area contributed by atoms with E-state index in [2.05, 4.69) is 143 Å². The Bertz CT molecular complexity index is 3100. The van der Waals surface area contributed by atoms with Gasteiger partial charge in [-0.2, -0.15) is 0 Å². The standard InChI is InChI=1S/C48H31N3O2S/c1-3-16-30-29(14-1)15-2-12-27-43(49-44(30)34-20-13-19-33-32-18-5-11-26-42(32)54-48(33)34)51-36-21-6-4-17-31(36)35-28-41-46-47(45(35)51)53-40-25-10-8-23-38(40)50(46)37-22-7-9-24-39(37)52-41/h1,3-11,13-14,16-28H,2,12,15H2. The molecule has 0 aliphatic carbocycles. The largest absolute Gasteiger partial charge is 0.453 e. The SMILES string of the molecule is C1=C(n2c3ccccc3c3cc4c5c(c32)Oc2ccccc2N5c2ccccc2O4)N=C(c2cccc3c2sc2ccccc23)c2ccccc2CCC1. The van der Waals surface area contributed by atoms with E-state index in [0.29, 0.717) is 0 Å². The van der Waals surface area contributed by atoms with Crippen molar-refractivity contribution in [3.05, 3.63) is 168 Å². The fourth-order valence-electron chi connectivity index (χ4n) is 8.73. The predicted octanol–water partition coefficient (Wildman–Crippen LogP) is 13.5. The van der Waals surface area contributed by atoms with Crippen LogP contribution in [0, 0.1) is 0 Å². The molecule has 0 atom stereocenters. The predicted molar refractivity (Wildman–Crippen MR) is 223 cm³/mol. The van der Waals surface area contributed by atoms with Crippen molar-refractivity contribution in [2.75, 3.05) is 4.90 Å². The Morgan fingerprint density at radius 3 is 2.19 bits per heavy atom. The van der Waals surface area contributed by atoms with Crippen LogP contribution in [0.2, 0.25) is 0 Å². The number of para-hydroxylation sites is 5. The number of allylic oxidation sites excluding steroid dienone is 1. The number of hydrogen-bond donors (Lipinski definition) is 0. The fourth-order valence-corrected chi connectivity index (χ4v) is 9.95. The van der Waals surface area contributed by atoms with Crippen LogP contribution in [-0.2, 0) is 6.42 Å². The fraction of sp³-hybridized carbons (Fsp3) is 0.0625. The molecule has 5 heterocycles. The average Bonchev–Trinajstić information content (AvgIpc) is 3.79. The molecule has 9 aromatic rings. The number of fused-ring (bicyclic) bond motifs is 12. The van der Waals surface area contributed by atoms with Crippen LogP contribution in [0.3, 0.4) is 0 Å². The summed E-state index contributed by atoms with van der Waals surface area (Å²) < 4.78 is 18.6. The Morgan fingerprint density at radius 1 is 0.593 bits per heavy atom. The highest BCUT2D eigenvalue weighted by Crippen LogP contribution is 2.62. The molecule has 0 radical (unpaired) electrons. The molecule has 0 saturated heterocycles. The van der Waals surface area contributed by atoms with Gasteiger partial charge in [0.2, 0.25) is 0 Å². The lowest BCUT2D eigenvalue weighted by Gasteiger charge is -2.38. The first-order valence-electron chi connectivity index (χ1n) is 18.5. The van der Waals surface area contributed by atoms with Crippen molar-refractivity contribution in [2.24, 2.45) is 4.99 Å². The summed E-state index contributed by atoms with van der Waals surface area (Å²) >= 11 is 1.85. The zero-order valence-corrected chi connectivity index (χ0v) is 29.9. The summed E-state index contributed by atoms with van der Waals surface area (Å²) in [5.41, 5.74) is 9.54. The molecule has 12 rings (SSSR count). The Balaban J connectivity index is 1.18. The molecular weight excluding hydrogens is 683 g/mol. The van der Waals surface area contributed by atoms with Crippen LogP contribution in [0.25, 0.3) is 47.8 Å². The molecule has 5 nitrogen and oxygen atoms in total. The van der Waals surface area contributed by atoms with Crippen molar-refractivity contribution in [3.63, 3.8) is 0 Å². The van der Waals surface area contributed by atoms with Crippen LogP contribution in [0.1, 0.15) is 29.5 Å². The van der Waals surface area contributed by atoms with Gasteiger partial charge in [-0.15, -0.1) is 11.3 Å². The number of thiophene rings is 1. The molecule has 256 valence electrons. The maximum atomic E-state index is 7.04. The third-order valence-electron chi connectivity index (χ3n) is 11.1. The minimum absolute atomic E-state index is 0.761. The van der Waals surface area contributed by atoms with E-state index in [4.69, 9.17) is 14.5 Å². The van der Waals surface area contributed by atoms with E-state index in [0.717, 1.165) is 98.2 Å². The van der Waals surface area contributed by atoms with Gasteiger partial charge in [-0.05, 0) is 73.4 Å². The van der Waals surface area contributed by atoms with E-state index in [1.807, 2.05) is 29.5 Å². The number of anilines is 3. The number of aromatic nitrogens is 1.